The van der Waals surface area contributed by atoms with Crippen LogP contribution in [0.5, 0.6) is 0 Å². The Balaban J connectivity index is -0.000000605. The molecule has 14 heavy (non-hydrogen) atoms. The average molecular weight is 260 g/mol. The molecule has 0 atom stereocenters. The molecule has 0 fully saturated rings. The topological polar surface area (TPSA) is 112 Å². The summed E-state index contributed by atoms with van der Waals surface area (Å²) in [5, 5.41) is 7.77. The van der Waals surface area contributed by atoms with Crippen LogP contribution in [0.2, 0.25) is 0 Å². The van der Waals surface area contributed by atoms with Crippen molar-refractivity contribution >= 4 is 16.8 Å². The molecule has 0 amide bonds. The summed E-state index contributed by atoms with van der Waals surface area (Å²) in [5.41, 5.74) is -1.26. The predicted octanol–water partition coefficient (Wildman–Crippen LogP) is -8.99. The van der Waals surface area contributed by atoms with Gasteiger partial charge >= 0.3 is 59.1 Å². The largest absolute Gasteiger partial charge is 1.00 e. The molecule has 0 saturated heterocycles. The Morgan fingerprint density at radius 1 is 1.07 bits per heavy atom. The zero-order valence-corrected chi connectivity index (χ0v) is 14.9. The Hall–Kier alpha value is 2.66. The molecule has 0 unspecified atom stereocenters. The third-order valence-corrected chi connectivity index (χ3v) is 4.23. The van der Waals surface area contributed by atoms with E-state index in [0.717, 1.165) is 0 Å². The molecule has 0 aromatic carbocycles. The molecule has 0 aromatic heterocycles. The standard InChI is InChI=1S/C5H12O5P2.2Na/c1-5(2,6)3-4(11(7)8)12(9)10;;/h4,6,11-12H,3H2,1-2H3;;/q-2;2*+1. The summed E-state index contributed by atoms with van der Waals surface area (Å²) in [5.74, 6) is 0. The summed E-state index contributed by atoms with van der Waals surface area (Å²) in [4.78, 5) is 41.6. The minimum atomic E-state index is -3.35. The first-order chi connectivity index (χ1) is 5.24. The summed E-state index contributed by atoms with van der Waals surface area (Å²) in [7, 11) is -6.69. The predicted molar refractivity (Wildman–Crippen MR) is 41.3 cm³/mol. The molecule has 0 radical (unpaired) electrons. The molecule has 1 N–H and O–H groups in total. The van der Waals surface area contributed by atoms with Gasteiger partial charge in [0.05, 0.1) is 5.60 Å². The van der Waals surface area contributed by atoms with Gasteiger partial charge in [-0.05, 0) is 13.8 Å². The summed E-state index contributed by atoms with van der Waals surface area (Å²) < 4.78 is 0. The second-order valence-electron chi connectivity index (χ2n) is 3.21. The summed E-state index contributed by atoms with van der Waals surface area (Å²) >= 11 is 0. The molecule has 0 rings (SSSR count). The fourth-order valence-electron chi connectivity index (χ4n) is 0.762. The third-order valence-electron chi connectivity index (χ3n) is 1.27. The van der Waals surface area contributed by atoms with Crippen LogP contribution in [0.25, 0.3) is 0 Å². The van der Waals surface area contributed by atoms with Crippen molar-refractivity contribution in [3.8, 4) is 0 Å². The quantitative estimate of drug-likeness (QED) is 0.398. The third kappa shape index (κ3) is 11.2. The zero-order chi connectivity index (χ0) is 9.94. The van der Waals surface area contributed by atoms with E-state index in [1.54, 1.807) is 0 Å². The molecule has 0 aliphatic heterocycles. The van der Waals surface area contributed by atoms with Crippen molar-refractivity contribution in [2.24, 2.45) is 0 Å². The number of hydrogen-bond donors (Lipinski definition) is 1. The Kier molecular flexibility index (Phi) is 15.1. The minimum absolute atomic E-state index is 0. The van der Waals surface area contributed by atoms with Crippen LogP contribution in [0.15, 0.2) is 0 Å². The van der Waals surface area contributed by atoms with E-state index < -0.39 is 27.8 Å². The first kappa shape index (κ1) is 21.9. The second kappa shape index (κ2) is 9.67. The van der Waals surface area contributed by atoms with Gasteiger partial charge in [-0.2, -0.15) is 0 Å². The Morgan fingerprint density at radius 2 is 1.36 bits per heavy atom. The molecule has 9 heteroatoms. The van der Waals surface area contributed by atoms with Crippen LogP contribution in [0.4, 0.5) is 0 Å². The van der Waals surface area contributed by atoms with E-state index in [0.29, 0.717) is 0 Å². The summed E-state index contributed by atoms with van der Waals surface area (Å²) in [6, 6.07) is 0. The van der Waals surface area contributed by atoms with Crippen molar-refractivity contribution < 1.29 is 83.8 Å². The van der Waals surface area contributed by atoms with Gasteiger partial charge in [-0.15, -0.1) is 0 Å². The van der Waals surface area contributed by atoms with Gasteiger partial charge in [0.2, 0.25) is 0 Å². The number of rotatable bonds is 4. The van der Waals surface area contributed by atoms with Gasteiger partial charge in [-0.25, -0.2) is 0 Å². The van der Waals surface area contributed by atoms with E-state index >= 15 is 0 Å². The van der Waals surface area contributed by atoms with Gasteiger partial charge in [0.25, 0.3) is 0 Å². The zero-order valence-electron chi connectivity index (χ0n) is 8.86. The van der Waals surface area contributed by atoms with Gasteiger partial charge in [-0.1, -0.05) is 16.8 Å². The van der Waals surface area contributed by atoms with Crippen LogP contribution in [0.3, 0.4) is 0 Å². The molecular formula is C5H12Na2O5P2. The van der Waals surface area contributed by atoms with Gasteiger partial charge in [0.1, 0.15) is 5.40 Å². The van der Waals surface area contributed by atoms with E-state index in [-0.39, 0.29) is 65.5 Å². The molecule has 0 bridgehead atoms. The Labute approximate surface area is 130 Å². The molecule has 0 heterocycles. The number of aliphatic hydroxyl groups is 1. The van der Waals surface area contributed by atoms with Crippen LogP contribution < -0.4 is 78.7 Å². The maximum atomic E-state index is 10.4. The first-order valence-corrected chi connectivity index (χ1v) is 6.17. The van der Waals surface area contributed by atoms with Crippen molar-refractivity contribution in [1.29, 1.82) is 0 Å². The van der Waals surface area contributed by atoms with Crippen molar-refractivity contribution in [2.75, 3.05) is 0 Å². The van der Waals surface area contributed by atoms with E-state index in [9.17, 15) is 19.6 Å². The van der Waals surface area contributed by atoms with E-state index in [1.165, 1.54) is 13.8 Å². The first-order valence-electron chi connectivity index (χ1n) is 3.38. The van der Waals surface area contributed by atoms with Gasteiger partial charge < -0.3 is 24.7 Å². The smallest absolute Gasteiger partial charge is 0.682 e. The minimum Gasteiger partial charge on any atom is -0.682 e. The normalized spacial score (nSPS) is 11.6. The van der Waals surface area contributed by atoms with Crippen molar-refractivity contribution in [2.45, 2.75) is 31.3 Å². The van der Waals surface area contributed by atoms with E-state index in [2.05, 4.69) is 0 Å². The SMILES string of the molecule is CC(C)(O)CC([PH+]([O-])[O-])[PH+]([O-])[O-].[Na+].[Na+]. The van der Waals surface area contributed by atoms with Crippen LogP contribution >= 0.6 is 16.8 Å². The van der Waals surface area contributed by atoms with E-state index in [1.807, 2.05) is 0 Å². The summed E-state index contributed by atoms with van der Waals surface area (Å²) in [6.45, 7) is 2.74. The van der Waals surface area contributed by atoms with Crippen molar-refractivity contribution in [3.05, 3.63) is 0 Å². The molecule has 0 spiro atoms. The van der Waals surface area contributed by atoms with Crippen molar-refractivity contribution in [1.82, 2.24) is 0 Å². The molecular weight excluding hydrogens is 248 g/mol. The molecule has 0 aliphatic rings. The maximum absolute atomic E-state index is 10.4. The molecule has 0 saturated carbocycles. The van der Waals surface area contributed by atoms with Crippen LogP contribution in [0, 0.1) is 0 Å². The Bertz CT molecular complexity index is 133. The van der Waals surface area contributed by atoms with Crippen LogP contribution in [-0.4, -0.2) is 16.1 Å². The monoisotopic (exact) mass is 260 g/mol. The summed E-state index contributed by atoms with van der Waals surface area (Å²) in [6.07, 6.45) is -0.254. The van der Waals surface area contributed by atoms with Crippen LogP contribution in [0.1, 0.15) is 20.3 Å². The fourth-order valence-corrected chi connectivity index (χ4v) is 2.86. The molecule has 0 aromatic rings. The van der Waals surface area contributed by atoms with Gasteiger partial charge in [0, 0.05) is 6.42 Å². The second-order valence-corrected chi connectivity index (χ2v) is 6.45. The molecule has 0 aliphatic carbocycles. The van der Waals surface area contributed by atoms with Gasteiger partial charge in [-0.3, -0.25) is 0 Å². The maximum Gasteiger partial charge on any atom is 1.00 e. The Morgan fingerprint density at radius 3 is 1.43 bits per heavy atom. The average Bonchev–Trinajstić information content (AvgIpc) is 1.79. The molecule has 74 valence electrons. The van der Waals surface area contributed by atoms with E-state index in [4.69, 9.17) is 5.11 Å². The van der Waals surface area contributed by atoms with Crippen LogP contribution in [-0.2, 0) is 0 Å². The molecule has 5 nitrogen and oxygen atoms in total. The number of hydrogen-bond acceptors (Lipinski definition) is 5. The van der Waals surface area contributed by atoms with Gasteiger partial charge in [0.15, 0.2) is 0 Å². The van der Waals surface area contributed by atoms with Crippen molar-refractivity contribution in [3.63, 3.8) is 0 Å². The fraction of sp³-hybridized carbons (Fsp3) is 1.00.